The molecule has 0 radical (unpaired) electrons. The third kappa shape index (κ3) is 4.26. The first-order chi connectivity index (χ1) is 16.6. The Labute approximate surface area is 197 Å². The first-order valence-electron chi connectivity index (χ1n) is 11.1. The topological polar surface area (TPSA) is 68.5 Å². The van der Waals surface area contributed by atoms with Gasteiger partial charge in [0.2, 0.25) is 0 Å². The van der Waals surface area contributed by atoms with Crippen molar-refractivity contribution in [3.05, 3.63) is 108 Å². The predicted molar refractivity (Wildman–Crippen MR) is 133 cm³/mol. The lowest BCUT2D eigenvalue weighted by molar-refractivity contribution is 0.0935. The van der Waals surface area contributed by atoms with Crippen LogP contribution in [0.15, 0.2) is 97.1 Å². The van der Waals surface area contributed by atoms with Crippen LogP contribution in [0.4, 0.5) is 0 Å². The number of amides is 1. The molecule has 2 heterocycles. The molecular weight excluding hydrogens is 424 g/mol. The van der Waals surface area contributed by atoms with E-state index in [2.05, 4.69) is 10.3 Å². The van der Waals surface area contributed by atoms with Crippen LogP contribution in [0, 0.1) is 0 Å². The molecule has 5 rings (SSSR count). The average Bonchev–Trinajstić information content (AvgIpc) is 3.33. The van der Waals surface area contributed by atoms with Gasteiger partial charge in [0, 0.05) is 17.2 Å². The Morgan fingerprint density at radius 3 is 2.32 bits per heavy atom. The molecule has 0 aliphatic heterocycles. The van der Waals surface area contributed by atoms with E-state index >= 15 is 0 Å². The molecule has 1 atom stereocenters. The van der Waals surface area contributed by atoms with Crippen LogP contribution >= 0.6 is 0 Å². The summed E-state index contributed by atoms with van der Waals surface area (Å²) in [4.78, 5) is 17.9. The van der Waals surface area contributed by atoms with Crippen molar-refractivity contribution < 1.29 is 9.53 Å². The molecule has 34 heavy (non-hydrogen) atoms. The quantitative estimate of drug-likeness (QED) is 0.369. The Hall–Kier alpha value is -4.45. The number of methoxy groups -OCH3 is 1. The minimum atomic E-state index is -0.245. The molecule has 0 aliphatic rings. The number of hydrogen-bond acceptors (Lipinski definition) is 4. The minimum Gasteiger partial charge on any atom is -0.497 e. The second kappa shape index (κ2) is 9.19. The summed E-state index contributed by atoms with van der Waals surface area (Å²) in [5.74, 6) is 0.479. The Morgan fingerprint density at radius 1 is 0.882 bits per heavy atom. The van der Waals surface area contributed by atoms with Gasteiger partial charge in [0.05, 0.1) is 24.5 Å². The molecular formula is C28H24N4O2. The summed E-state index contributed by atoms with van der Waals surface area (Å²) in [5, 5.41) is 7.87. The molecule has 6 nitrogen and oxygen atoms in total. The molecule has 0 unspecified atom stereocenters. The fraction of sp³-hybridized carbons (Fsp3) is 0.107. The minimum absolute atomic E-state index is 0.156. The molecule has 0 saturated heterocycles. The number of rotatable bonds is 6. The van der Waals surface area contributed by atoms with Gasteiger partial charge in [-0.05, 0) is 30.7 Å². The lowest BCUT2D eigenvalue weighted by atomic mass is 10.1. The van der Waals surface area contributed by atoms with Gasteiger partial charge in [0.25, 0.3) is 5.91 Å². The van der Waals surface area contributed by atoms with Gasteiger partial charge >= 0.3 is 0 Å². The Morgan fingerprint density at radius 2 is 1.59 bits per heavy atom. The smallest absolute Gasteiger partial charge is 0.270 e. The van der Waals surface area contributed by atoms with E-state index in [-0.39, 0.29) is 11.9 Å². The fourth-order valence-corrected chi connectivity index (χ4v) is 3.92. The second-order valence-corrected chi connectivity index (χ2v) is 8.03. The number of benzene rings is 3. The Bertz CT molecular complexity index is 1450. The number of nitrogens with one attached hydrogen (secondary N) is 1. The molecule has 168 valence electrons. The first-order valence-corrected chi connectivity index (χ1v) is 11.1. The fourth-order valence-electron chi connectivity index (χ4n) is 3.92. The highest BCUT2D eigenvalue weighted by Crippen LogP contribution is 2.27. The van der Waals surface area contributed by atoms with Crippen molar-refractivity contribution in [2.75, 3.05) is 7.11 Å². The van der Waals surface area contributed by atoms with Crippen LogP contribution in [0.3, 0.4) is 0 Å². The first kappa shape index (κ1) is 21.4. The molecule has 0 bridgehead atoms. The van der Waals surface area contributed by atoms with Crippen LogP contribution in [-0.2, 0) is 0 Å². The maximum atomic E-state index is 13.2. The van der Waals surface area contributed by atoms with E-state index in [0.717, 1.165) is 33.8 Å². The van der Waals surface area contributed by atoms with Crippen LogP contribution in [0.1, 0.15) is 29.0 Å². The highest BCUT2D eigenvalue weighted by Gasteiger charge is 2.18. The maximum absolute atomic E-state index is 13.2. The van der Waals surface area contributed by atoms with Crippen molar-refractivity contribution >= 4 is 11.6 Å². The van der Waals surface area contributed by atoms with E-state index in [1.165, 1.54) is 0 Å². The van der Waals surface area contributed by atoms with Gasteiger partial charge in [-0.15, -0.1) is 0 Å². The molecule has 0 fully saturated rings. The number of fused-ring (bicyclic) bond motifs is 1. The van der Waals surface area contributed by atoms with Gasteiger partial charge < -0.3 is 10.1 Å². The summed E-state index contributed by atoms with van der Waals surface area (Å²) < 4.78 is 7.19. The van der Waals surface area contributed by atoms with Crippen molar-refractivity contribution in [1.82, 2.24) is 19.9 Å². The van der Waals surface area contributed by atoms with E-state index < -0.39 is 0 Å². The van der Waals surface area contributed by atoms with Crippen molar-refractivity contribution in [2.24, 2.45) is 0 Å². The van der Waals surface area contributed by atoms with Gasteiger partial charge in [-0.25, -0.2) is 9.50 Å². The van der Waals surface area contributed by atoms with E-state index in [0.29, 0.717) is 11.3 Å². The third-order valence-electron chi connectivity index (χ3n) is 5.74. The monoisotopic (exact) mass is 448 g/mol. The Kier molecular flexibility index (Phi) is 5.79. The van der Waals surface area contributed by atoms with Gasteiger partial charge in [0.15, 0.2) is 5.65 Å². The SMILES string of the molecule is COc1cccc(-c2cc(C(=O)N[C@@H](C)c3ccccc3)nc3cc(-c4ccccc4)nn23)c1. The van der Waals surface area contributed by atoms with Crippen molar-refractivity contribution in [3.63, 3.8) is 0 Å². The van der Waals surface area contributed by atoms with Crippen molar-refractivity contribution in [1.29, 1.82) is 0 Å². The molecule has 0 saturated carbocycles. The zero-order chi connectivity index (χ0) is 23.5. The number of carbonyl (C=O) groups excluding carboxylic acids is 1. The third-order valence-corrected chi connectivity index (χ3v) is 5.74. The van der Waals surface area contributed by atoms with Crippen LogP contribution in [0.2, 0.25) is 0 Å². The zero-order valence-electron chi connectivity index (χ0n) is 19.0. The molecule has 1 N–H and O–H groups in total. The number of nitrogens with zero attached hydrogens (tertiary/aromatic N) is 3. The van der Waals surface area contributed by atoms with Crippen LogP contribution < -0.4 is 10.1 Å². The molecule has 0 spiro atoms. The average molecular weight is 449 g/mol. The molecule has 0 aliphatic carbocycles. The van der Waals surface area contributed by atoms with E-state index in [1.807, 2.05) is 97.9 Å². The molecule has 2 aromatic heterocycles. The van der Waals surface area contributed by atoms with Crippen LogP contribution in [-0.4, -0.2) is 27.6 Å². The number of hydrogen-bond donors (Lipinski definition) is 1. The highest BCUT2D eigenvalue weighted by atomic mass is 16.5. The second-order valence-electron chi connectivity index (χ2n) is 8.03. The zero-order valence-corrected chi connectivity index (χ0v) is 19.0. The molecule has 3 aromatic carbocycles. The van der Waals surface area contributed by atoms with E-state index in [1.54, 1.807) is 17.7 Å². The lowest BCUT2D eigenvalue weighted by Crippen LogP contribution is -2.27. The maximum Gasteiger partial charge on any atom is 0.270 e. The Balaban J connectivity index is 1.60. The number of ether oxygens (including phenoxy) is 1. The van der Waals surface area contributed by atoms with Gasteiger partial charge in [-0.3, -0.25) is 4.79 Å². The summed E-state index contributed by atoms with van der Waals surface area (Å²) >= 11 is 0. The number of carbonyl (C=O) groups is 1. The normalized spacial score (nSPS) is 11.8. The molecule has 6 heteroatoms. The summed E-state index contributed by atoms with van der Waals surface area (Å²) in [7, 11) is 1.63. The van der Waals surface area contributed by atoms with Gasteiger partial charge in [-0.1, -0.05) is 72.8 Å². The highest BCUT2D eigenvalue weighted by molar-refractivity contribution is 5.94. The van der Waals surface area contributed by atoms with E-state index in [4.69, 9.17) is 9.84 Å². The summed E-state index contributed by atoms with van der Waals surface area (Å²) in [6, 6.07) is 31.0. The largest absolute Gasteiger partial charge is 0.497 e. The summed E-state index contributed by atoms with van der Waals surface area (Å²) in [6.45, 7) is 1.96. The van der Waals surface area contributed by atoms with Crippen LogP contribution in [0.5, 0.6) is 5.75 Å². The van der Waals surface area contributed by atoms with Crippen molar-refractivity contribution in [3.8, 4) is 28.3 Å². The van der Waals surface area contributed by atoms with Crippen LogP contribution in [0.25, 0.3) is 28.2 Å². The lowest BCUT2D eigenvalue weighted by Gasteiger charge is -2.15. The van der Waals surface area contributed by atoms with Gasteiger partial charge in [0.1, 0.15) is 11.4 Å². The summed E-state index contributed by atoms with van der Waals surface area (Å²) in [5.41, 5.74) is 5.34. The molecule has 5 aromatic rings. The van der Waals surface area contributed by atoms with Crippen molar-refractivity contribution in [2.45, 2.75) is 13.0 Å². The van der Waals surface area contributed by atoms with Gasteiger partial charge in [-0.2, -0.15) is 5.10 Å². The number of aromatic nitrogens is 3. The summed E-state index contributed by atoms with van der Waals surface area (Å²) in [6.07, 6.45) is 0. The predicted octanol–water partition coefficient (Wildman–Crippen LogP) is 5.56. The standard InChI is InChI=1S/C28H24N4O2/c1-19(20-10-5-3-6-11-20)29-28(33)25-17-26(22-14-9-15-23(16-22)34-2)32-27(30-25)18-24(31-32)21-12-7-4-8-13-21/h3-19H,1-2H3,(H,29,33)/t19-/m0/s1. The molecule has 1 amide bonds. The van der Waals surface area contributed by atoms with E-state index in [9.17, 15) is 4.79 Å².